The van der Waals surface area contributed by atoms with Crippen LogP contribution in [0, 0.1) is 5.92 Å². The molecule has 162 valence electrons. The summed E-state index contributed by atoms with van der Waals surface area (Å²) in [7, 11) is 0. The smallest absolute Gasteiger partial charge is 0.304 e. The van der Waals surface area contributed by atoms with E-state index in [4.69, 9.17) is 5.11 Å². The lowest BCUT2D eigenvalue weighted by molar-refractivity contribution is -0.139. The van der Waals surface area contributed by atoms with E-state index in [0.29, 0.717) is 32.0 Å². The van der Waals surface area contributed by atoms with Crippen LogP contribution in [0.1, 0.15) is 38.8 Å². The van der Waals surface area contributed by atoms with Crippen LogP contribution in [-0.2, 0) is 20.9 Å². The number of aliphatic carboxylic acids is 1. The van der Waals surface area contributed by atoms with Crippen LogP contribution in [0.25, 0.3) is 10.9 Å². The SMILES string of the molecule is C[C@H]1CCN(CCC(=O)O)[C@@H](C(=O)N[C@@H](C)C(=O)NCc2cc3cnccc3[nH]2)C1. The second-order valence-electron chi connectivity index (χ2n) is 8.03. The highest BCUT2D eigenvalue weighted by atomic mass is 16.4. The molecule has 0 aromatic carbocycles. The maximum absolute atomic E-state index is 12.8. The predicted molar refractivity (Wildman–Crippen MR) is 112 cm³/mol. The lowest BCUT2D eigenvalue weighted by Gasteiger charge is -2.37. The first kappa shape index (κ1) is 21.8. The van der Waals surface area contributed by atoms with E-state index in [-0.39, 0.29) is 18.2 Å². The number of carbonyl (C=O) groups is 3. The molecule has 3 rings (SSSR count). The summed E-state index contributed by atoms with van der Waals surface area (Å²) in [5.74, 6) is -1.01. The molecule has 30 heavy (non-hydrogen) atoms. The molecule has 1 aliphatic rings. The first-order valence-corrected chi connectivity index (χ1v) is 10.3. The minimum absolute atomic E-state index is 0.00573. The molecule has 9 nitrogen and oxygen atoms in total. The number of fused-ring (bicyclic) bond motifs is 1. The molecule has 3 heterocycles. The number of rotatable bonds is 8. The third-order valence-corrected chi connectivity index (χ3v) is 5.57. The van der Waals surface area contributed by atoms with Crippen LogP contribution in [0.15, 0.2) is 24.5 Å². The van der Waals surface area contributed by atoms with Gasteiger partial charge in [-0.25, -0.2) is 0 Å². The highest BCUT2D eigenvalue weighted by Crippen LogP contribution is 2.23. The molecule has 1 aliphatic heterocycles. The standard InChI is InChI=1S/C21H29N5O4/c1-13-4-7-26(8-5-19(27)28)18(9-13)21(30)24-14(2)20(29)23-12-16-10-15-11-22-6-3-17(15)25-16/h3,6,10-11,13-14,18,25H,4-5,7-9,12H2,1-2H3,(H,23,29)(H,24,30)(H,27,28)/t13-,14-,18+/m0/s1. The summed E-state index contributed by atoms with van der Waals surface area (Å²) >= 11 is 0. The van der Waals surface area contributed by atoms with Crippen LogP contribution in [0.4, 0.5) is 0 Å². The van der Waals surface area contributed by atoms with Crippen LogP contribution >= 0.6 is 0 Å². The molecule has 2 amide bonds. The molecule has 0 radical (unpaired) electrons. The number of amides is 2. The molecule has 0 saturated carbocycles. The highest BCUT2D eigenvalue weighted by Gasteiger charge is 2.33. The van der Waals surface area contributed by atoms with Crippen LogP contribution < -0.4 is 10.6 Å². The number of carboxylic acid groups (broad SMARTS) is 1. The highest BCUT2D eigenvalue weighted by molar-refractivity contribution is 5.89. The number of aromatic amines is 1. The van der Waals surface area contributed by atoms with Crippen molar-refractivity contribution in [2.75, 3.05) is 13.1 Å². The van der Waals surface area contributed by atoms with Gasteiger partial charge in [0.25, 0.3) is 0 Å². The van der Waals surface area contributed by atoms with E-state index < -0.39 is 18.1 Å². The maximum atomic E-state index is 12.8. The molecular formula is C21H29N5O4. The van der Waals surface area contributed by atoms with E-state index in [1.165, 1.54) is 0 Å². The molecule has 3 atom stereocenters. The number of H-pyrrole nitrogens is 1. The quantitative estimate of drug-likeness (QED) is 0.514. The van der Waals surface area contributed by atoms with Crippen LogP contribution in [-0.4, -0.2) is 62.9 Å². The number of pyridine rings is 1. The minimum Gasteiger partial charge on any atom is -0.481 e. The van der Waals surface area contributed by atoms with Crippen LogP contribution in [0.5, 0.6) is 0 Å². The number of nitrogens with zero attached hydrogens (tertiary/aromatic N) is 2. The fourth-order valence-electron chi connectivity index (χ4n) is 3.81. The van der Waals surface area contributed by atoms with Crippen molar-refractivity contribution in [3.63, 3.8) is 0 Å². The van der Waals surface area contributed by atoms with Gasteiger partial charge in [0, 0.05) is 35.5 Å². The number of hydrogen-bond acceptors (Lipinski definition) is 5. The Morgan fingerprint density at radius 3 is 2.93 bits per heavy atom. The molecule has 0 spiro atoms. The first-order chi connectivity index (χ1) is 14.3. The molecule has 2 aromatic rings. The number of aromatic nitrogens is 2. The Morgan fingerprint density at radius 2 is 2.20 bits per heavy atom. The Hall–Kier alpha value is -2.94. The zero-order valence-corrected chi connectivity index (χ0v) is 17.4. The van der Waals surface area contributed by atoms with Gasteiger partial charge < -0.3 is 20.7 Å². The maximum Gasteiger partial charge on any atom is 0.304 e. The zero-order valence-electron chi connectivity index (χ0n) is 17.4. The van der Waals surface area contributed by atoms with Crippen molar-refractivity contribution in [1.29, 1.82) is 0 Å². The average Bonchev–Trinajstić information content (AvgIpc) is 3.13. The van der Waals surface area contributed by atoms with Gasteiger partial charge in [-0.2, -0.15) is 0 Å². The van der Waals surface area contributed by atoms with Gasteiger partial charge in [-0.05, 0) is 44.4 Å². The number of likely N-dealkylation sites (tertiary alicyclic amines) is 1. The van der Waals surface area contributed by atoms with Gasteiger partial charge in [0.15, 0.2) is 0 Å². The minimum atomic E-state index is -0.881. The van der Waals surface area contributed by atoms with Crippen molar-refractivity contribution in [2.24, 2.45) is 5.92 Å². The largest absolute Gasteiger partial charge is 0.481 e. The fourth-order valence-corrected chi connectivity index (χ4v) is 3.81. The van der Waals surface area contributed by atoms with Crippen LogP contribution in [0.2, 0.25) is 0 Å². The lowest BCUT2D eigenvalue weighted by atomic mass is 9.91. The van der Waals surface area contributed by atoms with E-state index in [1.54, 1.807) is 19.3 Å². The third kappa shape index (κ3) is 5.56. The fraction of sp³-hybridized carbons (Fsp3) is 0.524. The monoisotopic (exact) mass is 415 g/mol. The van der Waals surface area contributed by atoms with Gasteiger partial charge >= 0.3 is 5.97 Å². The normalized spacial score (nSPS) is 20.6. The molecule has 0 unspecified atom stereocenters. The van der Waals surface area contributed by atoms with Gasteiger partial charge in [-0.1, -0.05) is 6.92 Å². The topological polar surface area (TPSA) is 127 Å². The van der Waals surface area contributed by atoms with E-state index in [9.17, 15) is 14.4 Å². The number of hydrogen-bond donors (Lipinski definition) is 4. The van der Waals surface area contributed by atoms with E-state index >= 15 is 0 Å². The molecule has 1 saturated heterocycles. The van der Waals surface area contributed by atoms with Gasteiger partial charge in [0.05, 0.1) is 19.0 Å². The number of carboxylic acids is 1. The summed E-state index contributed by atoms with van der Waals surface area (Å²) in [4.78, 5) is 45.4. The Kier molecular flexibility index (Phi) is 7.04. The molecule has 1 fully saturated rings. The van der Waals surface area contributed by atoms with Crippen molar-refractivity contribution in [3.8, 4) is 0 Å². The van der Waals surface area contributed by atoms with Gasteiger partial charge in [-0.3, -0.25) is 24.3 Å². The second kappa shape index (κ2) is 9.71. The number of nitrogens with one attached hydrogen (secondary N) is 3. The van der Waals surface area contributed by atoms with Crippen molar-refractivity contribution >= 4 is 28.7 Å². The Labute approximate surface area is 175 Å². The molecular weight excluding hydrogens is 386 g/mol. The van der Waals surface area contributed by atoms with E-state index in [1.807, 2.05) is 17.0 Å². The molecule has 0 bridgehead atoms. The molecule has 4 N–H and O–H groups in total. The summed E-state index contributed by atoms with van der Waals surface area (Å²) < 4.78 is 0. The van der Waals surface area contributed by atoms with Gasteiger partial charge in [0.2, 0.25) is 11.8 Å². The van der Waals surface area contributed by atoms with Gasteiger partial charge in [-0.15, -0.1) is 0 Å². The average molecular weight is 415 g/mol. The third-order valence-electron chi connectivity index (χ3n) is 5.57. The summed E-state index contributed by atoms with van der Waals surface area (Å²) in [6, 6.07) is 2.69. The van der Waals surface area contributed by atoms with E-state index in [0.717, 1.165) is 23.0 Å². The lowest BCUT2D eigenvalue weighted by Crippen LogP contribution is -2.55. The first-order valence-electron chi connectivity index (χ1n) is 10.3. The van der Waals surface area contributed by atoms with Crippen LogP contribution in [0.3, 0.4) is 0 Å². The molecule has 2 aromatic heterocycles. The summed E-state index contributed by atoms with van der Waals surface area (Å²) in [6.07, 6.45) is 5.03. The molecule has 0 aliphatic carbocycles. The number of carbonyl (C=O) groups excluding carboxylic acids is 2. The van der Waals surface area contributed by atoms with Crippen molar-refractivity contribution < 1.29 is 19.5 Å². The Balaban J connectivity index is 1.53. The van der Waals surface area contributed by atoms with Gasteiger partial charge in [0.1, 0.15) is 6.04 Å². The second-order valence-corrected chi connectivity index (χ2v) is 8.03. The molecule has 9 heteroatoms. The Morgan fingerprint density at radius 1 is 1.40 bits per heavy atom. The predicted octanol–water partition coefficient (Wildman–Crippen LogP) is 1.26. The van der Waals surface area contributed by atoms with Crippen molar-refractivity contribution in [3.05, 3.63) is 30.2 Å². The summed E-state index contributed by atoms with van der Waals surface area (Å²) in [6.45, 7) is 5.06. The summed E-state index contributed by atoms with van der Waals surface area (Å²) in [5, 5.41) is 15.5. The van der Waals surface area contributed by atoms with E-state index in [2.05, 4.69) is 27.5 Å². The van der Waals surface area contributed by atoms with Crippen molar-refractivity contribution in [1.82, 2.24) is 25.5 Å². The summed E-state index contributed by atoms with van der Waals surface area (Å²) in [5.41, 5.74) is 1.80. The Bertz CT molecular complexity index is 879. The zero-order chi connectivity index (χ0) is 21.7. The number of piperidine rings is 1. The van der Waals surface area contributed by atoms with Crippen molar-refractivity contribution in [2.45, 2.75) is 51.7 Å².